The molecule has 3 aromatic rings. The first-order chi connectivity index (χ1) is 15.8. The molecule has 7 nitrogen and oxygen atoms in total. The number of halogens is 1. The van der Waals surface area contributed by atoms with Crippen LogP contribution in [0.15, 0.2) is 18.5 Å². The molecule has 1 aliphatic heterocycles. The molecule has 1 aliphatic carbocycles. The summed E-state index contributed by atoms with van der Waals surface area (Å²) < 4.78 is 17.0. The van der Waals surface area contributed by atoms with Crippen molar-refractivity contribution in [2.24, 2.45) is 5.92 Å². The fourth-order valence-electron chi connectivity index (χ4n) is 4.85. The average molecular weight is 449 g/mol. The minimum atomic E-state index is -1.03. The number of nitrogen functional groups attached to an aromatic ring is 1. The Labute approximate surface area is 192 Å². The number of fused-ring (bicyclic) bond motifs is 1. The van der Waals surface area contributed by atoms with Gasteiger partial charge >= 0.3 is 0 Å². The molecule has 2 unspecified atom stereocenters. The summed E-state index contributed by atoms with van der Waals surface area (Å²) in [6, 6.07) is 2.13. The third-order valence-electron chi connectivity index (χ3n) is 6.91. The summed E-state index contributed by atoms with van der Waals surface area (Å²) in [5.74, 6) is 5.77. The van der Waals surface area contributed by atoms with Crippen LogP contribution in [-0.2, 0) is 0 Å². The molecule has 172 valence electrons. The van der Waals surface area contributed by atoms with Gasteiger partial charge in [-0.05, 0) is 57.6 Å². The van der Waals surface area contributed by atoms with E-state index in [9.17, 15) is 9.50 Å². The molecule has 0 bridgehead atoms. The molecule has 0 radical (unpaired) electrons. The van der Waals surface area contributed by atoms with E-state index in [2.05, 4.69) is 38.2 Å². The summed E-state index contributed by atoms with van der Waals surface area (Å²) in [6.45, 7) is 8.82. The number of hydrogen-bond acceptors (Lipinski definition) is 6. The second kappa shape index (κ2) is 8.08. The van der Waals surface area contributed by atoms with Crippen LogP contribution in [0.5, 0.6) is 0 Å². The summed E-state index contributed by atoms with van der Waals surface area (Å²) in [5, 5.41) is 11.4. The number of rotatable bonds is 4. The van der Waals surface area contributed by atoms with E-state index in [0.29, 0.717) is 11.3 Å². The number of nitrogens with two attached hydrogens (primary N) is 1. The van der Waals surface area contributed by atoms with E-state index < -0.39 is 11.4 Å². The second-order valence-corrected chi connectivity index (χ2v) is 9.37. The molecular weight excluding hydrogens is 419 g/mol. The Morgan fingerprint density at radius 3 is 2.79 bits per heavy atom. The van der Waals surface area contributed by atoms with E-state index in [4.69, 9.17) is 10.7 Å². The fraction of sp³-hybridized carbons (Fsp3) is 0.480. The summed E-state index contributed by atoms with van der Waals surface area (Å²) in [6.07, 6.45) is 6.06. The first kappa shape index (κ1) is 21.8. The van der Waals surface area contributed by atoms with Gasteiger partial charge in [0.2, 0.25) is 5.95 Å². The number of likely N-dealkylation sites (N-methyl/N-ethyl adjacent to an activating group) is 1. The highest BCUT2D eigenvalue weighted by atomic mass is 19.1. The van der Waals surface area contributed by atoms with Gasteiger partial charge < -0.3 is 20.3 Å². The zero-order valence-corrected chi connectivity index (χ0v) is 19.3. The fourth-order valence-corrected chi connectivity index (χ4v) is 4.85. The topological polar surface area (TPSA) is 93.1 Å². The monoisotopic (exact) mass is 448 g/mol. The first-order valence-electron chi connectivity index (χ1n) is 11.5. The molecule has 2 aliphatic rings. The van der Waals surface area contributed by atoms with Crippen molar-refractivity contribution in [1.82, 2.24) is 24.4 Å². The smallest absolute Gasteiger partial charge is 0.220 e. The van der Waals surface area contributed by atoms with Crippen LogP contribution in [0.4, 0.5) is 10.3 Å². The minimum absolute atomic E-state index is 0.0246. The van der Waals surface area contributed by atoms with Crippen molar-refractivity contribution in [1.29, 1.82) is 0 Å². The molecule has 0 aromatic carbocycles. The van der Waals surface area contributed by atoms with Crippen molar-refractivity contribution >= 4 is 16.9 Å². The summed E-state index contributed by atoms with van der Waals surface area (Å²) in [5.41, 5.74) is 7.90. The standard InChI is InChI=1S/C25H29FN6O/c1-4-31-10-8-18(13-31)32-14-20(22-21(26)12-28-24(27)30-22)19-11-17(29-15(2)23(19)32)7-9-25(3,33)16-5-6-16/h11-12,14,16,18,33H,4-6,8,10,13H2,1-3H3,(H2,27,28,30). The van der Waals surface area contributed by atoms with Crippen LogP contribution < -0.4 is 5.73 Å². The Kier molecular flexibility index (Phi) is 5.34. The zero-order valence-electron chi connectivity index (χ0n) is 19.3. The lowest BCUT2D eigenvalue weighted by Gasteiger charge is -2.16. The maximum atomic E-state index is 14.8. The van der Waals surface area contributed by atoms with Crippen LogP contribution in [0.3, 0.4) is 0 Å². The molecule has 5 rings (SSSR count). The zero-order chi connectivity index (χ0) is 23.3. The number of nitrogens with zero attached hydrogens (tertiary/aromatic N) is 5. The van der Waals surface area contributed by atoms with Gasteiger partial charge in [0.05, 0.1) is 17.4 Å². The lowest BCUT2D eigenvalue weighted by Crippen LogP contribution is -2.24. The van der Waals surface area contributed by atoms with E-state index in [1.165, 1.54) is 0 Å². The van der Waals surface area contributed by atoms with Gasteiger partial charge in [-0.25, -0.2) is 19.3 Å². The SMILES string of the molecule is CCN1CCC(n2cc(-c3nc(N)ncc3F)c3cc(C#CC(C)(O)C4CC4)nc(C)c32)C1. The molecule has 3 aromatic heterocycles. The third-order valence-corrected chi connectivity index (χ3v) is 6.91. The van der Waals surface area contributed by atoms with E-state index in [1.54, 1.807) is 6.92 Å². The van der Waals surface area contributed by atoms with Crippen LogP contribution >= 0.6 is 0 Å². The maximum Gasteiger partial charge on any atom is 0.220 e. The predicted molar refractivity (Wildman–Crippen MR) is 126 cm³/mol. The van der Waals surface area contributed by atoms with E-state index >= 15 is 0 Å². The van der Waals surface area contributed by atoms with E-state index in [0.717, 1.165) is 61.7 Å². The molecule has 2 atom stereocenters. The number of hydrogen-bond donors (Lipinski definition) is 2. The molecule has 33 heavy (non-hydrogen) atoms. The van der Waals surface area contributed by atoms with Crippen LogP contribution in [0.25, 0.3) is 22.2 Å². The van der Waals surface area contributed by atoms with Crippen molar-refractivity contribution in [3.63, 3.8) is 0 Å². The van der Waals surface area contributed by atoms with Gasteiger partial charge in [-0.3, -0.25) is 0 Å². The van der Waals surface area contributed by atoms with Gasteiger partial charge in [-0.2, -0.15) is 0 Å². The number of aromatic nitrogens is 4. The average Bonchev–Trinajstić information content (AvgIpc) is 3.43. The Morgan fingerprint density at radius 2 is 2.09 bits per heavy atom. The Morgan fingerprint density at radius 1 is 1.30 bits per heavy atom. The predicted octanol–water partition coefficient (Wildman–Crippen LogP) is 3.30. The highest BCUT2D eigenvalue weighted by Gasteiger charge is 2.38. The van der Waals surface area contributed by atoms with Crippen LogP contribution in [0, 0.1) is 30.5 Å². The van der Waals surface area contributed by atoms with E-state index in [1.807, 2.05) is 19.2 Å². The molecule has 4 heterocycles. The number of anilines is 1. The molecule has 0 spiro atoms. The maximum absolute atomic E-state index is 14.8. The molecular formula is C25H29FN6O. The highest BCUT2D eigenvalue weighted by molar-refractivity contribution is 5.97. The van der Waals surface area contributed by atoms with Gasteiger partial charge in [0.15, 0.2) is 5.82 Å². The van der Waals surface area contributed by atoms with Gasteiger partial charge in [0, 0.05) is 36.3 Å². The quantitative estimate of drug-likeness (QED) is 0.595. The number of likely N-dealkylation sites (tertiary alicyclic amines) is 1. The number of pyridine rings is 1. The van der Waals surface area contributed by atoms with Gasteiger partial charge in [-0.15, -0.1) is 0 Å². The van der Waals surface area contributed by atoms with Gasteiger partial charge in [0.25, 0.3) is 0 Å². The van der Waals surface area contributed by atoms with Crippen molar-refractivity contribution in [2.45, 2.75) is 51.7 Å². The van der Waals surface area contributed by atoms with Crippen LogP contribution in [-0.4, -0.2) is 54.8 Å². The lowest BCUT2D eigenvalue weighted by atomic mass is 10.0. The van der Waals surface area contributed by atoms with Crippen LogP contribution in [0.1, 0.15) is 50.5 Å². The van der Waals surface area contributed by atoms with Crippen molar-refractivity contribution < 1.29 is 9.50 Å². The molecule has 8 heteroatoms. The molecule has 1 saturated heterocycles. The Hall–Kier alpha value is -3.02. The van der Waals surface area contributed by atoms with Crippen molar-refractivity contribution in [3.8, 4) is 23.1 Å². The Balaban J connectivity index is 1.68. The van der Waals surface area contributed by atoms with Gasteiger partial charge in [0.1, 0.15) is 17.0 Å². The van der Waals surface area contributed by atoms with Gasteiger partial charge in [-0.1, -0.05) is 12.8 Å². The largest absolute Gasteiger partial charge is 0.378 e. The molecule has 3 N–H and O–H groups in total. The summed E-state index contributed by atoms with van der Waals surface area (Å²) in [7, 11) is 0. The number of aryl methyl sites for hydroxylation is 1. The third kappa shape index (κ3) is 4.07. The molecule has 1 saturated carbocycles. The van der Waals surface area contributed by atoms with Crippen molar-refractivity contribution in [3.05, 3.63) is 35.7 Å². The highest BCUT2D eigenvalue weighted by Crippen LogP contribution is 2.39. The van der Waals surface area contributed by atoms with Crippen LogP contribution in [0.2, 0.25) is 0 Å². The Bertz CT molecular complexity index is 1280. The normalized spacial score (nSPS) is 20.6. The molecule has 2 fully saturated rings. The van der Waals surface area contributed by atoms with E-state index in [-0.39, 0.29) is 23.6 Å². The molecule has 0 amide bonds. The second-order valence-electron chi connectivity index (χ2n) is 9.37. The first-order valence-corrected chi connectivity index (χ1v) is 11.5. The van der Waals surface area contributed by atoms with Crippen molar-refractivity contribution in [2.75, 3.05) is 25.4 Å². The summed E-state index contributed by atoms with van der Waals surface area (Å²) in [4.78, 5) is 15.1. The minimum Gasteiger partial charge on any atom is -0.378 e. The summed E-state index contributed by atoms with van der Waals surface area (Å²) >= 11 is 0. The lowest BCUT2D eigenvalue weighted by molar-refractivity contribution is 0.0980. The number of aliphatic hydroxyl groups is 1.